The molecular weight excluding hydrogens is 476 g/mol. The molecule has 0 spiro atoms. The second-order valence-electron chi connectivity index (χ2n) is 7.42. The second-order valence-corrected chi connectivity index (χ2v) is 10.8. The summed E-state index contributed by atoms with van der Waals surface area (Å²) < 4.78 is 52.1. The van der Waals surface area contributed by atoms with E-state index in [1.807, 2.05) is 6.07 Å². The number of nitrogens with one attached hydrogen (secondary N) is 1. The smallest absolute Gasteiger partial charge is 0.264 e. The highest BCUT2D eigenvalue weighted by molar-refractivity contribution is 7.93. The highest BCUT2D eigenvalue weighted by atomic mass is 32.2. The van der Waals surface area contributed by atoms with Crippen molar-refractivity contribution in [2.24, 2.45) is 5.14 Å². The molecule has 1 heterocycles. The summed E-state index contributed by atoms with van der Waals surface area (Å²) in [5, 5.41) is 15.1. The molecule has 4 rings (SSSR count). The largest absolute Gasteiger partial charge is 0.329 e. The van der Waals surface area contributed by atoms with E-state index in [1.54, 1.807) is 42.5 Å². The van der Waals surface area contributed by atoms with Gasteiger partial charge in [-0.2, -0.15) is 5.26 Å². The quantitative estimate of drug-likeness (QED) is 0.420. The van der Waals surface area contributed by atoms with Gasteiger partial charge in [0.25, 0.3) is 15.6 Å². The van der Waals surface area contributed by atoms with E-state index in [0.29, 0.717) is 21.9 Å². The zero-order valence-electron chi connectivity index (χ0n) is 17.5. The lowest BCUT2D eigenvalue weighted by molar-refractivity contribution is 0.590. The number of fused-ring (bicyclic) bond motifs is 1. The Hall–Kier alpha value is -3.98. The van der Waals surface area contributed by atoms with Gasteiger partial charge in [-0.3, -0.25) is 9.10 Å². The van der Waals surface area contributed by atoms with Gasteiger partial charge in [0.05, 0.1) is 33.7 Å². The lowest BCUT2D eigenvalue weighted by atomic mass is 10.1. The summed E-state index contributed by atoms with van der Waals surface area (Å²) in [4.78, 5) is 14.3. The van der Waals surface area contributed by atoms with Gasteiger partial charge in [-0.1, -0.05) is 24.3 Å². The third kappa shape index (κ3) is 4.55. The molecule has 0 aliphatic rings. The van der Waals surface area contributed by atoms with E-state index in [1.165, 1.54) is 30.5 Å². The lowest BCUT2D eigenvalue weighted by Crippen LogP contribution is -2.31. The molecular formula is C23H18N4O5S2. The van der Waals surface area contributed by atoms with Gasteiger partial charge in [-0.15, -0.1) is 0 Å². The highest BCUT2D eigenvalue weighted by Crippen LogP contribution is 2.29. The van der Waals surface area contributed by atoms with Crippen LogP contribution in [-0.4, -0.2) is 21.8 Å². The zero-order valence-corrected chi connectivity index (χ0v) is 19.2. The van der Waals surface area contributed by atoms with Crippen LogP contribution in [-0.2, 0) is 26.6 Å². The van der Waals surface area contributed by atoms with Gasteiger partial charge < -0.3 is 4.98 Å². The molecule has 9 nitrogen and oxygen atoms in total. The van der Waals surface area contributed by atoms with Crippen molar-refractivity contribution >= 4 is 36.5 Å². The first kappa shape index (κ1) is 23.2. The van der Waals surface area contributed by atoms with Gasteiger partial charge in [0.1, 0.15) is 0 Å². The molecule has 0 atom stereocenters. The number of aromatic nitrogens is 1. The number of primary sulfonamides is 1. The first-order valence-corrected chi connectivity index (χ1v) is 12.8. The molecule has 0 radical (unpaired) electrons. The molecule has 4 aromatic rings. The van der Waals surface area contributed by atoms with Crippen LogP contribution >= 0.6 is 0 Å². The number of aromatic amines is 1. The number of H-pyrrole nitrogens is 1. The summed E-state index contributed by atoms with van der Waals surface area (Å²) in [6.45, 7) is -0.135. The van der Waals surface area contributed by atoms with Gasteiger partial charge in [0.2, 0.25) is 10.0 Å². The minimum atomic E-state index is -4.30. The second kappa shape index (κ2) is 8.75. The third-order valence-electron chi connectivity index (χ3n) is 5.18. The maximum Gasteiger partial charge on any atom is 0.264 e. The molecule has 3 N–H and O–H groups in total. The van der Waals surface area contributed by atoms with Crippen LogP contribution in [0.1, 0.15) is 11.1 Å². The number of benzene rings is 3. The van der Waals surface area contributed by atoms with Crippen molar-refractivity contribution in [1.29, 1.82) is 5.26 Å². The van der Waals surface area contributed by atoms with E-state index in [9.17, 15) is 21.6 Å². The Morgan fingerprint density at radius 1 is 0.912 bits per heavy atom. The average Bonchev–Trinajstić information content (AvgIpc) is 2.82. The molecule has 0 amide bonds. The maximum atomic E-state index is 13.7. The van der Waals surface area contributed by atoms with Crippen molar-refractivity contribution in [3.63, 3.8) is 0 Å². The van der Waals surface area contributed by atoms with Crippen LogP contribution in [0.4, 0.5) is 5.69 Å². The van der Waals surface area contributed by atoms with Gasteiger partial charge in [-0.05, 0) is 59.5 Å². The van der Waals surface area contributed by atoms with Crippen LogP contribution in [0, 0.1) is 11.3 Å². The van der Waals surface area contributed by atoms with Crippen LogP contribution in [0.25, 0.3) is 10.8 Å². The standard InChI is InChI=1S/C23H18N4O5S2/c24-14-16-4-6-17(7-5-16)15-27(19-9-8-18-10-11-26-23(28)22(18)12-19)34(31,32)21-3-1-2-20(13-21)33(25,29)30/h1-13H,15H2,(H,26,28)(H2,25,29,30). The number of rotatable bonds is 6. The number of anilines is 1. The lowest BCUT2D eigenvalue weighted by Gasteiger charge is -2.25. The number of sulfonamides is 2. The summed E-state index contributed by atoms with van der Waals surface area (Å²) >= 11 is 0. The molecule has 0 aliphatic carbocycles. The predicted octanol–water partition coefficient (Wildman–Crippen LogP) is 2.44. The van der Waals surface area contributed by atoms with E-state index in [0.717, 1.165) is 10.4 Å². The summed E-state index contributed by atoms with van der Waals surface area (Å²) in [5.41, 5.74) is 0.810. The minimum Gasteiger partial charge on any atom is -0.329 e. The van der Waals surface area contributed by atoms with Crippen molar-refractivity contribution in [2.45, 2.75) is 16.3 Å². The van der Waals surface area contributed by atoms with Crippen LogP contribution in [0.15, 0.2) is 93.6 Å². The molecule has 0 aliphatic heterocycles. The Kier molecular flexibility index (Phi) is 5.97. The molecule has 0 bridgehead atoms. The summed E-state index contributed by atoms with van der Waals surface area (Å²) in [6.07, 6.45) is 1.49. The molecule has 172 valence electrons. The van der Waals surface area contributed by atoms with Crippen molar-refractivity contribution in [2.75, 3.05) is 4.31 Å². The van der Waals surface area contributed by atoms with Crippen LogP contribution in [0.2, 0.25) is 0 Å². The van der Waals surface area contributed by atoms with E-state index in [2.05, 4.69) is 4.98 Å². The molecule has 0 saturated carbocycles. The summed E-state index contributed by atoms with van der Waals surface area (Å²) in [7, 11) is -8.43. The summed E-state index contributed by atoms with van der Waals surface area (Å²) in [6, 6.07) is 19.5. The number of hydrogen-bond donors (Lipinski definition) is 2. The molecule has 34 heavy (non-hydrogen) atoms. The van der Waals surface area contributed by atoms with Crippen molar-refractivity contribution < 1.29 is 16.8 Å². The average molecular weight is 495 g/mol. The first-order chi connectivity index (χ1) is 16.1. The first-order valence-electron chi connectivity index (χ1n) is 9.86. The fourth-order valence-electron chi connectivity index (χ4n) is 3.43. The molecule has 0 fully saturated rings. The topological polar surface area (TPSA) is 154 Å². The van der Waals surface area contributed by atoms with Gasteiger partial charge in [0, 0.05) is 11.6 Å². The fourth-order valence-corrected chi connectivity index (χ4v) is 5.56. The zero-order chi connectivity index (χ0) is 24.5. The van der Waals surface area contributed by atoms with E-state index >= 15 is 0 Å². The summed E-state index contributed by atoms with van der Waals surface area (Å²) in [5.74, 6) is 0. The van der Waals surface area contributed by atoms with Crippen LogP contribution in [0.5, 0.6) is 0 Å². The molecule has 0 saturated heterocycles. The molecule has 3 aromatic carbocycles. The van der Waals surface area contributed by atoms with Crippen molar-refractivity contribution in [3.05, 3.63) is 100 Å². The van der Waals surface area contributed by atoms with Crippen LogP contribution in [0.3, 0.4) is 0 Å². The molecule has 11 heteroatoms. The number of hydrogen-bond acceptors (Lipinski definition) is 6. The Balaban J connectivity index is 1.89. The third-order valence-corrected chi connectivity index (χ3v) is 7.86. The Labute approximate surface area is 195 Å². The predicted molar refractivity (Wildman–Crippen MR) is 127 cm³/mol. The van der Waals surface area contributed by atoms with Crippen molar-refractivity contribution in [3.8, 4) is 6.07 Å². The normalized spacial score (nSPS) is 11.8. The number of nitrogens with two attached hydrogens (primary N) is 1. The van der Waals surface area contributed by atoms with Crippen molar-refractivity contribution in [1.82, 2.24) is 4.98 Å². The van der Waals surface area contributed by atoms with Crippen LogP contribution < -0.4 is 15.0 Å². The highest BCUT2D eigenvalue weighted by Gasteiger charge is 2.27. The van der Waals surface area contributed by atoms with E-state index in [-0.39, 0.29) is 27.6 Å². The molecule has 1 aromatic heterocycles. The Morgan fingerprint density at radius 3 is 2.29 bits per heavy atom. The monoisotopic (exact) mass is 494 g/mol. The number of pyridine rings is 1. The van der Waals surface area contributed by atoms with E-state index in [4.69, 9.17) is 10.4 Å². The van der Waals surface area contributed by atoms with E-state index < -0.39 is 20.0 Å². The van der Waals surface area contributed by atoms with Gasteiger partial charge in [-0.25, -0.2) is 22.0 Å². The fraction of sp³-hybridized carbons (Fsp3) is 0.0435. The number of nitrogens with zero attached hydrogens (tertiary/aromatic N) is 2. The van der Waals surface area contributed by atoms with Gasteiger partial charge >= 0.3 is 0 Å². The Bertz CT molecular complexity index is 1710. The SMILES string of the molecule is N#Cc1ccc(CN(c2ccc3cc[nH]c(=O)c3c2)S(=O)(=O)c2cccc(S(N)(=O)=O)c2)cc1. The van der Waals surface area contributed by atoms with Gasteiger partial charge in [0.15, 0.2) is 0 Å². The number of nitriles is 1. The Morgan fingerprint density at radius 2 is 1.62 bits per heavy atom. The maximum absolute atomic E-state index is 13.7. The minimum absolute atomic E-state index is 0.135. The molecule has 0 unspecified atom stereocenters.